The third kappa shape index (κ3) is 3.06. The number of aryl methyl sites for hydroxylation is 1. The van der Waals surface area contributed by atoms with Crippen LogP contribution in [0.1, 0.15) is 24.5 Å². The standard InChI is InChI=1S/C17H19N5O/c1-12(22-9-8-18-13(22)2)17(23)21(3)11-14-10-19-15-6-4-5-7-16(15)20-14/h4-10,12H,11H2,1-3H3. The number of carbonyl (C=O) groups is 1. The summed E-state index contributed by atoms with van der Waals surface area (Å²) in [4.78, 5) is 27.4. The van der Waals surface area contributed by atoms with Gasteiger partial charge in [-0.25, -0.2) is 9.97 Å². The second-order valence-electron chi connectivity index (χ2n) is 5.60. The molecule has 1 atom stereocenters. The SMILES string of the molecule is Cc1nccn1C(C)C(=O)N(C)Cc1cnc2ccccc2n1. The van der Waals surface area contributed by atoms with Gasteiger partial charge in [0.2, 0.25) is 5.91 Å². The van der Waals surface area contributed by atoms with E-state index in [1.54, 1.807) is 24.3 Å². The number of aromatic nitrogens is 4. The maximum Gasteiger partial charge on any atom is 0.245 e. The number of imidazole rings is 1. The van der Waals surface area contributed by atoms with E-state index < -0.39 is 0 Å². The molecule has 0 bridgehead atoms. The number of hydrogen-bond acceptors (Lipinski definition) is 4. The maximum absolute atomic E-state index is 12.6. The van der Waals surface area contributed by atoms with E-state index in [1.807, 2.05) is 48.9 Å². The highest BCUT2D eigenvalue weighted by Crippen LogP contribution is 2.14. The molecule has 1 aromatic carbocycles. The van der Waals surface area contributed by atoms with Gasteiger partial charge in [0.1, 0.15) is 11.9 Å². The van der Waals surface area contributed by atoms with Crippen molar-refractivity contribution in [1.29, 1.82) is 0 Å². The summed E-state index contributed by atoms with van der Waals surface area (Å²) in [5.41, 5.74) is 2.46. The Morgan fingerprint density at radius 1 is 1.26 bits per heavy atom. The second-order valence-corrected chi connectivity index (χ2v) is 5.60. The third-order valence-corrected chi connectivity index (χ3v) is 3.91. The zero-order valence-electron chi connectivity index (χ0n) is 13.5. The molecule has 23 heavy (non-hydrogen) atoms. The van der Waals surface area contributed by atoms with E-state index in [-0.39, 0.29) is 11.9 Å². The normalized spacial score (nSPS) is 12.3. The molecule has 6 nitrogen and oxygen atoms in total. The van der Waals surface area contributed by atoms with Crippen molar-refractivity contribution in [3.05, 3.63) is 54.4 Å². The zero-order chi connectivity index (χ0) is 16.4. The van der Waals surface area contributed by atoms with Crippen LogP contribution in [-0.2, 0) is 11.3 Å². The Kier molecular flexibility index (Phi) is 4.06. The summed E-state index contributed by atoms with van der Waals surface area (Å²) >= 11 is 0. The smallest absolute Gasteiger partial charge is 0.245 e. The van der Waals surface area contributed by atoms with E-state index in [1.165, 1.54) is 0 Å². The van der Waals surface area contributed by atoms with Crippen LogP contribution in [0, 0.1) is 6.92 Å². The van der Waals surface area contributed by atoms with Crippen LogP contribution in [0.4, 0.5) is 0 Å². The first kappa shape index (κ1) is 15.1. The molecule has 0 saturated heterocycles. The number of amides is 1. The topological polar surface area (TPSA) is 63.9 Å². The minimum absolute atomic E-state index is 0.0149. The molecule has 118 valence electrons. The van der Waals surface area contributed by atoms with E-state index in [0.29, 0.717) is 6.54 Å². The van der Waals surface area contributed by atoms with Crippen LogP contribution >= 0.6 is 0 Å². The van der Waals surface area contributed by atoms with Gasteiger partial charge in [-0.15, -0.1) is 0 Å². The average Bonchev–Trinajstić information content (AvgIpc) is 2.99. The number of benzene rings is 1. The number of carbonyl (C=O) groups excluding carboxylic acids is 1. The summed E-state index contributed by atoms with van der Waals surface area (Å²) in [7, 11) is 1.78. The first-order valence-electron chi connectivity index (χ1n) is 7.51. The number of rotatable bonds is 4. The van der Waals surface area contributed by atoms with Gasteiger partial charge in [0.15, 0.2) is 0 Å². The molecule has 2 aromatic heterocycles. The molecular weight excluding hydrogens is 290 g/mol. The van der Waals surface area contributed by atoms with Gasteiger partial charge in [0.05, 0.1) is 29.5 Å². The molecule has 0 aliphatic heterocycles. The number of likely N-dealkylation sites (N-methyl/N-ethyl adjacent to an activating group) is 1. The summed E-state index contributed by atoms with van der Waals surface area (Å²) in [6.07, 6.45) is 5.24. The van der Waals surface area contributed by atoms with Gasteiger partial charge in [0, 0.05) is 19.4 Å². The van der Waals surface area contributed by atoms with Gasteiger partial charge in [-0.05, 0) is 26.0 Å². The van der Waals surface area contributed by atoms with Crippen LogP contribution in [0.25, 0.3) is 11.0 Å². The lowest BCUT2D eigenvalue weighted by atomic mass is 10.2. The number of hydrogen-bond donors (Lipinski definition) is 0. The Hall–Kier alpha value is -2.76. The molecule has 0 fully saturated rings. The Morgan fingerprint density at radius 2 is 2.00 bits per heavy atom. The molecule has 2 heterocycles. The Morgan fingerprint density at radius 3 is 2.70 bits per heavy atom. The van der Waals surface area contributed by atoms with Gasteiger partial charge in [0.25, 0.3) is 0 Å². The second kappa shape index (κ2) is 6.16. The highest BCUT2D eigenvalue weighted by Gasteiger charge is 2.20. The first-order valence-corrected chi connectivity index (χ1v) is 7.51. The van der Waals surface area contributed by atoms with E-state index in [9.17, 15) is 4.79 Å². The highest BCUT2D eigenvalue weighted by atomic mass is 16.2. The summed E-state index contributed by atoms with van der Waals surface area (Å²) in [6.45, 7) is 4.19. The van der Waals surface area contributed by atoms with Crippen LogP contribution in [0.3, 0.4) is 0 Å². The van der Waals surface area contributed by atoms with Gasteiger partial charge in [-0.3, -0.25) is 9.78 Å². The zero-order valence-corrected chi connectivity index (χ0v) is 13.5. The maximum atomic E-state index is 12.6. The fourth-order valence-corrected chi connectivity index (χ4v) is 2.63. The largest absolute Gasteiger partial charge is 0.338 e. The van der Waals surface area contributed by atoms with E-state index in [0.717, 1.165) is 22.6 Å². The van der Waals surface area contributed by atoms with Crippen molar-refractivity contribution in [3.8, 4) is 0 Å². The van der Waals surface area contributed by atoms with Crippen LogP contribution in [-0.4, -0.2) is 37.4 Å². The average molecular weight is 309 g/mol. The summed E-state index contributed by atoms with van der Waals surface area (Å²) in [5.74, 6) is 0.839. The lowest BCUT2D eigenvalue weighted by Gasteiger charge is -2.22. The monoisotopic (exact) mass is 309 g/mol. The summed E-state index contributed by atoms with van der Waals surface area (Å²) in [5, 5.41) is 0. The molecule has 0 saturated carbocycles. The van der Waals surface area contributed by atoms with E-state index in [2.05, 4.69) is 15.0 Å². The molecule has 0 N–H and O–H groups in total. The van der Waals surface area contributed by atoms with Gasteiger partial charge in [-0.2, -0.15) is 0 Å². The van der Waals surface area contributed by atoms with Crippen LogP contribution < -0.4 is 0 Å². The fourth-order valence-electron chi connectivity index (χ4n) is 2.63. The number of fused-ring (bicyclic) bond motifs is 1. The molecule has 0 aliphatic carbocycles. The van der Waals surface area contributed by atoms with E-state index >= 15 is 0 Å². The van der Waals surface area contributed by atoms with Crippen molar-refractivity contribution in [1.82, 2.24) is 24.4 Å². The molecule has 0 radical (unpaired) electrons. The molecule has 6 heteroatoms. The first-order chi connectivity index (χ1) is 11.1. The Balaban J connectivity index is 1.75. The molecule has 3 aromatic rings. The highest BCUT2D eigenvalue weighted by molar-refractivity contribution is 5.80. The minimum atomic E-state index is -0.295. The van der Waals surface area contributed by atoms with Crippen LogP contribution in [0.5, 0.6) is 0 Å². The van der Waals surface area contributed by atoms with Crippen molar-refractivity contribution < 1.29 is 4.79 Å². The van der Waals surface area contributed by atoms with Gasteiger partial charge >= 0.3 is 0 Å². The summed E-state index contributed by atoms with van der Waals surface area (Å²) < 4.78 is 1.87. The van der Waals surface area contributed by atoms with Crippen molar-refractivity contribution >= 4 is 16.9 Å². The van der Waals surface area contributed by atoms with Crippen LogP contribution in [0.15, 0.2) is 42.9 Å². The molecule has 0 aliphatic rings. The minimum Gasteiger partial charge on any atom is -0.338 e. The molecular formula is C17H19N5O. The Bertz CT molecular complexity index is 842. The van der Waals surface area contributed by atoms with Crippen molar-refractivity contribution in [2.75, 3.05) is 7.05 Å². The molecule has 1 amide bonds. The third-order valence-electron chi connectivity index (χ3n) is 3.91. The number of para-hydroxylation sites is 2. The predicted octanol–water partition coefficient (Wildman–Crippen LogP) is 2.35. The van der Waals surface area contributed by atoms with Crippen molar-refractivity contribution in [2.24, 2.45) is 0 Å². The van der Waals surface area contributed by atoms with Gasteiger partial charge < -0.3 is 9.47 Å². The van der Waals surface area contributed by atoms with Crippen LogP contribution in [0.2, 0.25) is 0 Å². The molecule has 1 unspecified atom stereocenters. The molecule has 0 spiro atoms. The molecule has 3 rings (SSSR count). The lowest BCUT2D eigenvalue weighted by Crippen LogP contribution is -2.33. The fraction of sp³-hybridized carbons (Fsp3) is 0.294. The Labute approximate surface area is 134 Å². The van der Waals surface area contributed by atoms with E-state index in [4.69, 9.17) is 0 Å². The summed E-state index contributed by atoms with van der Waals surface area (Å²) in [6, 6.07) is 7.41. The van der Waals surface area contributed by atoms with Gasteiger partial charge in [-0.1, -0.05) is 12.1 Å². The lowest BCUT2D eigenvalue weighted by molar-refractivity contribution is -0.133. The quantitative estimate of drug-likeness (QED) is 0.742. The van der Waals surface area contributed by atoms with Crippen molar-refractivity contribution in [3.63, 3.8) is 0 Å². The predicted molar refractivity (Wildman–Crippen MR) is 87.7 cm³/mol. The van der Waals surface area contributed by atoms with Crippen molar-refractivity contribution in [2.45, 2.75) is 26.4 Å². The number of nitrogens with zero attached hydrogens (tertiary/aromatic N) is 5.